The predicted octanol–water partition coefficient (Wildman–Crippen LogP) is 1.13. The molecule has 4 nitrogen and oxygen atoms in total. The van der Waals surface area contributed by atoms with E-state index in [1.807, 2.05) is 0 Å². The Kier molecular flexibility index (Phi) is 3.71. The van der Waals surface area contributed by atoms with Crippen LogP contribution in [0.25, 0.3) is 0 Å². The number of hydrogen-bond acceptors (Lipinski definition) is 3. The molecule has 0 atom stereocenters. The molecule has 1 rings (SSSR count). The third-order valence-electron chi connectivity index (χ3n) is 1.62. The molecule has 0 amide bonds. The lowest BCUT2D eigenvalue weighted by Gasteiger charge is -2.02. The summed E-state index contributed by atoms with van der Waals surface area (Å²) >= 11 is 5.69. The number of aromatic nitrogens is 1. The highest BCUT2D eigenvalue weighted by Gasteiger charge is 2.09. The highest BCUT2D eigenvalue weighted by molar-refractivity contribution is 6.31. The summed E-state index contributed by atoms with van der Waals surface area (Å²) in [6.07, 6.45) is 1.47. The van der Waals surface area contributed by atoms with Crippen LogP contribution in [0.4, 0.5) is 0 Å². The van der Waals surface area contributed by atoms with Gasteiger partial charge in [0.05, 0.1) is 13.0 Å². The smallest absolute Gasteiger partial charge is 0.310 e. The molecule has 14 heavy (non-hydrogen) atoms. The summed E-state index contributed by atoms with van der Waals surface area (Å²) in [7, 11) is 0. The largest absolute Gasteiger partial charge is 0.466 e. The Balaban J connectivity index is 2.82. The summed E-state index contributed by atoms with van der Waals surface area (Å²) in [6, 6.07) is 1.58. The highest BCUT2D eigenvalue weighted by atomic mass is 35.5. The van der Waals surface area contributed by atoms with Gasteiger partial charge in [-0.15, -0.1) is 0 Å². The fourth-order valence-electron chi connectivity index (χ4n) is 1.00. The van der Waals surface area contributed by atoms with E-state index in [4.69, 9.17) is 16.3 Å². The standard InChI is InChI=1S/C9H10ClNO3/c1-2-14-7(12)5-6-3-4-11-9(13)8(6)10/h3-4H,2,5H2,1H3,(H,11,13). The summed E-state index contributed by atoms with van der Waals surface area (Å²) in [5.41, 5.74) is 0.0855. The molecule has 0 aromatic carbocycles. The average molecular weight is 216 g/mol. The molecular formula is C9H10ClNO3. The Morgan fingerprint density at radius 3 is 3.00 bits per heavy atom. The van der Waals surface area contributed by atoms with Crippen LogP contribution in [-0.4, -0.2) is 17.6 Å². The fraction of sp³-hybridized carbons (Fsp3) is 0.333. The van der Waals surface area contributed by atoms with Crippen molar-refractivity contribution in [3.05, 3.63) is 33.2 Å². The lowest BCUT2D eigenvalue weighted by Crippen LogP contribution is -2.13. The summed E-state index contributed by atoms with van der Waals surface area (Å²) in [4.78, 5) is 24.5. The molecule has 0 spiro atoms. The Morgan fingerprint density at radius 2 is 2.36 bits per heavy atom. The molecule has 1 aromatic rings. The number of esters is 1. The van der Waals surface area contributed by atoms with Gasteiger partial charge in [0.15, 0.2) is 0 Å². The number of carbonyl (C=O) groups excluding carboxylic acids is 1. The molecule has 0 aliphatic heterocycles. The normalized spacial score (nSPS) is 9.86. The van der Waals surface area contributed by atoms with Crippen molar-refractivity contribution in [2.24, 2.45) is 0 Å². The molecule has 0 aliphatic carbocycles. The summed E-state index contributed by atoms with van der Waals surface area (Å²) in [5, 5.41) is 0.0422. The third kappa shape index (κ3) is 2.60. The van der Waals surface area contributed by atoms with E-state index in [-0.39, 0.29) is 17.4 Å². The van der Waals surface area contributed by atoms with Gasteiger partial charge in [0.25, 0.3) is 5.56 Å². The number of halogens is 1. The topological polar surface area (TPSA) is 59.2 Å². The molecule has 0 unspecified atom stereocenters. The minimum absolute atomic E-state index is 0.0244. The van der Waals surface area contributed by atoms with Crippen molar-refractivity contribution >= 4 is 17.6 Å². The molecule has 0 aliphatic rings. The zero-order chi connectivity index (χ0) is 10.6. The van der Waals surface area contributed by atoms with Crippen LogP contribution < -0.4 is 5.56 Å². The fourth-order valence-corrected chi connectivity index (χ4v) is 1.19. The first-order valence-electron chi connectivity index (χ1n) is 4.16. The zero-order valence-corrected chi connectivity index (χ0v) is 8.43. The second-order valence-electron chi connectivity index (χ2n) is 2.63. The van der Waals surface area contributed by atoms with Gasteiger partial charge in [0, 0.05) is 6.20 Å². The molecule has 76 valence electrons. The third-order valence-corrected chi connectivity index (χ3v) is 2.03. The van der Waals surface area contributed by atoms with Crippen LogP contribution in [0, 0.1) is 0 Å². The number of hydrogen-bond donors (Lipinski definition) is 1. The number of carbonyl (C=O) groups is 1. The maximum absolute atomic E-state index is 11.1. The Hall–Kier alpha value is -1.29. The molecule has 0 fully saturated rings. The number of pyridine rings is 1. The number of rotatable bonds is 3. The molecule has 1 heterocycles. The van der Waals surface area contributed by atoms with Crippen LogP contribution >= 0.6 is 11.6 Å². The van der Waals surface area contributed by atoms with E-state index in [9.17, 15) is 9.59 Å². The van der Waals surface area contributed by atoms with Crippen LogP contribution in [0.3, 0.4) is 0 Å². The SMILES string of the molecule is CCOC(=O)Cc1cc[nH]c(=O)c1Cl. The van der Waals surface area contributed by atoms with Gasteiger partial charge in [-0.1, -0.05) is 11.6 Å². The van der Waals surface area contributed by atoms with Gasteiger partial charge in [0.2, 0.25) is 0 Å². The maximum atomic E-state index is 11.1. The monoisotopic (exact) mass is 215 g/mol. The first kappa shape index (κ1) is 10.8. The van der Waals surface area contributed by atoms with E-state index in [2.05, 4.69) is 4.98 Å². The lowest BCUT2D eigenvalue weighted by atomic mass is 10.2. The van der Waals surface area contributed by atoms with Gasteiger partial charge in [-0.3, -0.25) is 9.59 Å². The summed E-state index contributed by atoms with van der Waals surface area (Å²) in [5.74, 6) is -0.389. The summed E-state index contributed by atoms with van der Waals surface area (Å²) in [6.45, 7) is 2.04. The average Bonchev–Trinajstić information content (AvgIpc) is 2.13. The quantitative estimate of drug-likeness (QED) is 0.770. The van der Waals surface area contributed by atoms with Gasteiger partial charge < -0.3 is 9.72 Å². The van der Waals surface area contributed by atoms with Gasteiger partial charge >= 0.3 is 5.97 Å². The zero-order valence-electron chi connectivity index (χ0n) is 7.67. The minimum Gasteiger partial charge on any atom is -0.466 e. The molecular weight excluding hydrogens is 206 g/mol. The lowest BCUT2D eigenvalue weighted by molar-refractivity contribution is -0.142. The highest BCUT2D eigenvalue weighted by Crippen LogP contribution is 2.10. The van der Waals surface area contributed by atoms with Crippen LogP contribution in [0.5, 0.6) is 0 Å². The van der Waals surface area contributed by atoms with Crippen molar-refractivity contribution in [1.82, 2.24) is 4.98 Å². The molecule has 0 saturated carbocycles. The molecule has 0 bridgehead atoms. The van der Waals surface area contributed by atoms with E-state index in [0.29, 0.717) is 12.2 Å². The van der Waals surface area contributed by atoms with E-state index < -0.39 is 5.56 Å². The Morgan fingerprint density at radius 1 is 1.64 bits per heavy atom. The van der Waals surface area contributed by atoms with Crippen molar-refractivity contribution in [3.63, 3.8) is 0 Å². The van der Waals surface area contributed by atoms with E-state index in [1.54, 1.807) is 13.0 Å². The number of H-pyrrole nitrogens is 1. The number of ether oxygens (including phenoxy) is 1. The van der Waals surface area contributed by atoms with Crippen LogP contribution in [0.1, 0.15) is 12.5 Å². The first-order chi connectivity index (χ1) is 6.65. The Bertz CT molecular complexity index is 386. The second-order valence-corrected chi connectivity index (χ2v) is 3.01. The first-order valence-corrected chi connectivity index (χ1v) is 4.54. The van der Waals surface area contributed by atoms with Gasteiger partial charge in [-0.25, -0.2) is 0 Å². The maximum Gasteiger partial charge on any atom is 0.310 e. The van der Waals surface area contributed by atoms with Crippen LogP contribution in [0.2, 0.25) is 5.02 Å². The number of aromatic amines is 1. The van der Waals surface area contributed by atoms with Crippen molar-refractivity contribution in [2.75, 3.05) is 6.61 Å². The van der Waals surface area contributed by atoms with Crippen molar-refractivity contribution < 1.29 is 9.53 Å². The minimum atomic E-state index is -0.395. The molecule has 0 radical (unpaired) electrons. The van der Waals surface area contributed by atoms with Gasteiger partial charge in [-0.05, 0) is 18.6 Å². The summed E-state index contributed by atoms with van der Waals surface area (Å²) < 4.78 is 4.73. The molecule has 5 heteroatoms. The van der Waals surface area contributed by atoms with Crippen LogP contribution in [0.15, 0.2) is 17.1 Å². The van der Waals surface area contributed by atoms with Gasteiger partial charge in [0.1, 0.15) is 5.02 Å². The van der Waals surface area contributed by atoms with Crippen molar-refractivity contribution in [3.8, 4) is 0 Å². The molecule has 1 N–H and O–H groups in total. The Labute approximate surface area is 85.9 Å². The van der Waals surface area contributed by atoms with Crippen LogP contribution in [-0.2, 0) is 16.0 Å². The second kappa shape index (κ2) is 4.81. The molecule has 0 saturated heterocycles. The van der Waals surface area contributed by atoms with Crippen molar-refractivity contribution in [2.45, 2.75) is 13.3 Å². The predicted molar refractivity (Wildman–Crippen MR) is 52.4 cm³/mol. The van der Waals surface area contributed by atoms with E-state index in [0.717, 1.165) is 0 Å². The van der Waals surface area contributed by atoms with Gasteiger partial charge in [-0.2, -0.15) is 0 Å². The molecule has 1 aromatic heterocycles. The van der Waals surface area contributed by atoms with E-state index in [1.165, 1.54) is 6.20 Å². The van der Waals surface area contributed by atoms with E-state index >= 15 is 0 Å². The number of nitrogens with one attached hydrogen (secondary N) is 1. The van der Waals surface area contributed by atoms with Crippen molar-refractivity contribution in [1.29, 1.82) is 0 Å².